The Morgan fingerprint density at radius 1 is 1.12 bits per heavy atom. The van der Waals surface area contributed by atoms with E-state index in [-0.39, 0.29) is 5.69 Å². The number of pyridine rings is 1. The van der Waals surface area contributed by atoms with Gasteiger partial charge >= 0.3 is 0 Å². The Morgan fingerprint density at radius 2 is 1.94 bits per heavy atom. The van der Waals surface area contributed by atoms with Gasteiger partial charge in [-0.25, -0.2) is 9.37 Å². The summed E-state index contributed by atoms with van der Waals surface area (Å²) in [6, 6.07) is 10.0. The highest BCUT2D eigenvalue weighted by Gasteiger charge is 2.19. The van der Waals surface area contributed by atoms with Crippen LogP contribution in [0, 0.1) is 12.7 Å². The molecule has 1 fully saturated rings. The molecule has 1 aliphatic rings. The third-order valence-electron chi connectivity index (χ3n) is 6.39. The Hall–Kier alpha value is -3.59. The molecule has 0 spiro atoms. The molecule has 3 aromatic heterocycles. The van der Waals surface area contributed by atoms with Crippen LogP contribution in [0.1, 0.15) is 25.3 Å². The molecule has 0 unspecified atom stereocenters. The first-order valence-electron chi connectivity index (χ1n) is 11.7. The van der Waals surface area contributed by atoms with Crippen LogP contribution in [0.5, 0.6) is 0 Å². The van der Waals surface area contributed by atoms with Crippen LogP contribution in [0.15, 0.2) is 47.4 Å². The largest absolute Gasteiger partial charge is 0.354 e. The van der Waals surface area contributed by atoms with Gasteiger partial charge in [0.25, 0.3) is 5.56 Å². The van der Waals surface area contributed by atoms with Crippen LogP contribution in [0.4, 0.5) is 10.2 Å². The number of hydrogen-bond acceptors (Lipinski definition) is 6. The van der Waals surface area contributed by atoms with Crippen LogP contribution in [0.3, 0.4) is 0 Å². The van der Waals surface area contributed by atoms with E-state index in [0.29, 0.717) is 22.3 Å². The van der Waals surface area contributed by atoms with E-state index in [0.717, 1.165) is 48.8 Å². The maximum absolute atomic E-state index is 14.5. The fourth-order valence-electron chi connectivity index (χ4n) is 4.43. The average Bonchev–Trinajstić information content (AvgIpc) is 3.25. The number of H-pyrrole nitrogens is 1. The van der Waals surface area contributed by atoms with Gasteiger partial charge in [-0.15, -0.1) is 0 Å². The SMILES string of the molecule is CCCCN1CCN(c2ccc(-c3n[nH]c4cc(=O)n(-c5c(C)cccc5F)nc34)cn2)CC1. The van der Waals surface area contributed by atoms with Gasteiger partial charge in [0, 0.05) is 44.0 Å². The van der Waals surface area contributed by atoms with Crippen LogP contribution in [-0.2, 0) is 0 Å². The number of aryl methyl sites for hydroxylation is 1. The molecule has 8 nitrogen and oxygen atoms in total. The van der Waals surface area contributed by atoms with Crippen LogP contribution in [-0.4, -0.2) is 62.6 Å². The Morgan fingerprint density at radius 3 is 2.65 bits per heavy atom. The molecule has 0 amide bonds. The number of halogens is 1. The summed E-state index contributed by atoms with van der Waals surface area (Å²) in [4.78, 5) is 22.1. The molecular weight excluding hydrogens is 433 g/mol. The Balaban J connectivity index is 1.42. The van der Waals surface area contributed by atoms with E-state index in [4.69, 9.17) is 0 Å². The van der Waals surface area contributed by atoms with Crippen molar-refractivity contribution in [2.45, 2.75) is 26.7 Å². The lowest BCUT2D eigenvalue weighted by molar-refractivity contribution is 0.253. The van der Waals surface area contributed by atoms with Gasteiger partial charge in [-0.3, -0.25) is 14.8 Å². The predicted molar refractivity (Wildman–Crippen MR) is 131 cm³/mol. The van der Waals surface area contributed by atoms with Crippen molar-refractivity contribution in [2.75, 3.05) is 37.6 Å². The van der Waals surface area contributed by atoms with E-state index < -0.39 is 11.4 Å². The first-order chi connectivity index (χ1) is 16.5. The zero-order valence-corrected chi connectivity index (χ0v) is 19.5. The lowest BCUT2D eigenvalue weighted by Crippen LogP contribution is -2.46. The second-order valence-corrected chi connectivity index (χ2v) is 8.72. The van der Waals surface area contributed by atoms with E-state index in [1.165, 1.54) is 25.0 Å². The average molecular weight is 462 g/mol. The van der Waals surface area contributed by atoms with Gasteiger partial charge in [0.15, 0.2) is 0 Å². The predicted octanol–water partition coefficient (Wildman–Crippen LogP) is 3.54. The molecule has 9 heteroatoms. The van der Waals surface area contributed by atoms with Crippen molar-refractivity contribution in [3.8, 4) is 16.9 Å². The minimum Gasteiger partial charge on any atom is -0.354 e. The lowest BCUT2D eigenvalue weighted by Gasteiger charge is -2.35. The fourth-order valence-corrected chi connectivity index (χ4v) is 4.43. The summed E-state index contributed by atoms with van der Waals surface area (Å²) >= 11 is 0. The van der Waals surface area contributed by atoms with Crippen molar-refractivity contribution in [1.29, 1.82) is 0 Å². The molecule has 4 heterocycles. The van der Waals surface area contributed by atoms with Gasteiger partial charge in [-0.2, -0.15) is 14.9 Å². The number of unbranched alkanes of at least 4 members (excludes halogenated alkanes) is 1. The molecule has 0 aliphatic carbocycles. The van der Waals surface area contributed by atoms with Gasteiger partial charge in [0.05, 0.1) is 5.52 Å². The number of para-hydroxylation sites is 1. The molecular formula is C25H28FN7O. The number of benzene rings is 1. The van der Waals surface area contributed by atoms with Gasteiger partial charge in [-0.1, -0.05) is 25.5 Å². The highest BCUT2D eigenvalue weighted by molar-refractivity contribution is 5.89. The maximum atomic E-state index is 14.5. The smallest absolute Gasteiger partial charge is 0.273 e. The Labute approximate surface area is 197 Å². The van der Waals surface area contributed by atoms with Crippen LogP contribution in [0.2, 0.25) is 0 Å². The first-order valence-corrected chi connectivity index (χ1v) is 11.7. The normalized spacial score (nSPS) is 14.7. The summed E-state index contributed by atoms with van der Waals surface area (Å²) < 4.78 is 15.6. The standard InChI is InChI=1S/C25H28FN7O/c1-3-4-10-31-11-13-32(14-12-31)21-9-8-18(16-27-21)23-24-20(28-29-23)15-22(34)33(30-24)25-17(2)6-5-7-19(25)26/h5-9,15-16,28H,3-4,10-14H2,1-2H3. The van der Waals surface area contributed by atoms with E-state index in [2.05, 4.69) is 37.0 Å². The number of nitrogens with one attached hydrogen (secondary N) is 1. The highest BCUT2D eigenvalue weighted by Crippen LogP contribution is 2.26. The van der Waals surface area contributed by atoms with Gasteiger partial charge in [-0.05, 0) is 43.7 Å². The molecule has 0 atom stereocenters. The van der Waals surface area contributed by atoms with Gasteiger partial charge in [0.1, 0.15) is 28.5 Å². The summed E-state index contributed by atoms with van der Waals surface area (Å²) in [6.45, 7) is 9.13. The minimum absolute atomic E-state index is 0.146. The van der Waals surface area contributed by atoms with Crippen molar-refractivity contribution >= 4 is 16.9 Å². The molecule has 34 heavy (non-hydrogen) atoms. The van der Waals surface area contributed by atoms with Crippen molar-refractivity contribution < 1.29 is 4.39 Å². The molecule has 1 saturated heterocycles. The fraction of sp³-hybridized carbons (Fsp3) is 0.360. The Bertz CT molecular complexity index is 1330. The zero-order valence-electron chi connectivity index (χ0n) is 19.5. The third kappa shape index (κ3) is 4.19. The Kier molecular flexibility index (Phi) is 6.10. The number of piperazine rings is 1. The topological polar surface area (TPSA) is 82.9 Å². The zero-order chi connectivity index (χ0) is 23.7. The molecule has 0 bridgehead atoms. The second-order valence-electron chi connectivity index (χ2n) is 8.72. The molecule has 0 saturated carbocycles. The highest BCUT2D eigenvalue weighted by atomic mass is 19.1. The van der Waals surface area contributed by atoms with Crippen molar-refractivity contribution in [3.63, 3.8) is 0 Å². The summed E-state index contributed by atoms with van der Waals surface area (Å²) in [7, 11) is 0. The maximum Gasteiger partial charge on any atom is 0.273 e. The van der Waals surface area contributed by atoms with E-state index in [1.54, 1.807) is 25.3 Å². The number of nitrogens with zero attached hydrogens (tertiary/aromatic N) is 6. The van der Waals surface area contributed by atoms with Crippen LogP contribution < -0.4 is 10.5 Å². The van der Waals surface area contributed by atoms with Gasteiger partial charge in [0.2, 0.25) is 0 Å². The summed E-state index contributed by atoms with van der Waals surface area (Å²) in [5.41, 5.74) is 2.68. The number of hydrogen-bond donors (Lipinski definition) is 1. The van der Waals surface area contributed by atoms with Crippen LogP contribution in [0.25, 0.3) is 28.0 Å². The molecule has 1 aliphatic heterocycles. The van der Waals surface area contributed by atoms with E-state index >= 15 is 0 Å². The number of aromatic amines is 1. The summed E-state index contributed by atoms with van der Waals surface area (Å²) in [5, 5.41) is 11.7. The monoisotopic (exact) mass is 461 g/mol. The molecule has 4 aromatic rings. The van der Waals surface area contributed by atoms with Crippen molar-refractivity contribution in [1.82, 2.24) is 29.9 Å². The second kappa shape index (κ2) is 9.34. The number of anilines is 1. The van der Waals surface area contributed by atoms with E-state index in [1.807, 2.05) is 12.1 Å². The van der Waals surface area contributed by atoms with Crippen LogP contribution >= 0.6 is 0 Å². The number of fused-ring (bicyclic) bond motifs is 1. The molecule has 1 aromatic carbocycles. The summed E-state index contributed by atoms with van der Waals surface area (Å²) in [5.74, 6) is 0.436. The minimum atomic E-state index is -0.500. The van der Waals surface area contributed by atoms with E-state index in [9.17, 15) is 9.18 Å². The van der Waals surface area contributed by atoms with Crippen molar-refractivity contribution in [3.05, 3.63) is 64.3 Å². The molecule has 0 radical (unpaired) electrons. The lowest BCUT2D eigenvalue weighted by atomic mass is 10.1. The molecule has 176 valence electrons. The molecule has 1 N–H and O–H groups in total. The van der Waals surface area contributed by atoms with Gasteiger partial charge < -0.3 is 4.90 Å². The summed E-state index contributed by atoms with van der Waals surface area (Å²) in [6.07, 6.45) is 4.23. The molecule has 5 rings (SSSR count). The quantitative estimate of drug-likeness (QED) is 0.473. The number of rotatable bonds is 6. The first kappa shape index (κ1) is 22.2. The third-order valence-corrected chi connectivity index (χ3v) is 6.39. The van der Waals surface area contributed by atoms with Crippen molar-refractivity contribution in [2.24, 2.45) is 0 Å². The number of aromatic nitrogens is 5.